The summed E-state index contributed by atoms with van der Waals surface area (Å²) in [5.74, 6) is -1.11. The Kier molecular flexibility index (Phi) is 5.21. The van der Waals surface area contributed by atoms with Gasteiger partial charge in [0.2, 0.25) is 0 Å². The van der Waals surface area contributed by atoms with Crippen LogP contribution in [-0.4, -0.2) is 23.0 Å². The number of carboxylic acid groups (broad SMARTS) is 1. The van der Waals surface area contributed by atoms with E-state index in [1.54, 1.807) is 12.1 Å². The highest BCUT2D eigenvalue weighted by atomic mass is 79.9. The molecule has 1 aromatic rings. The zero-order valence-corrected chi connectivity index (χ0v) is 13.9. The monoisotopic (exact) mass is 403 g/mol. The second kappa shape index (κ2) is 6.72. The number of aliphatic carboxylic acids is 1. The van der Waals surface area contributed by atoms with Gasteiger partial charge in [0.05, 0.1) is 5.92 Å². The van der Waals surface area contributed by atoms with Crippen LogP contribution >= 0.6 is 31.9 Å². The highest BCUT2D eigenvalue weighted by Gasteiger charge is 2.26. The number of halogens is 2. The quantitative estimate of drug-likeness (QED) is 0.808. The van der Waals surface area contributed by atoms with Gasteiger partial charge in [0.25, 0.3) is 5.91 Å². The number of amides is 1. The first-order valence-electron chi connectivity index (χ1n) is 6.45. The molecule has 0 bridgehead atoms. The molecule has 0 aromatic heterocycles. The highest BCUT2D eigenvalue weighted by Crippen LogP contribution is 2.25. The summed E-state index contributed by atoms with van der Waals surface area (Å²) < 4.78 is 1.68. The fourth-order valence-corrected chi connectivity index (χ4v) is 3.73. The summed E-state index contributed by atoms with van der Waals surface area (Å²) in [7, 11) is 0. The predicted octanol–water partition coefficient (Wildman–Crippen LogP) is 3.58. The number of hydrogen-bond acceptors (Lipinski definition) is 2. The third kappa shape index (κ3) is 4.06. The van der Waals surface area contributed by atoms with Gasteiger partial charge in [0.1, 0.15) is 0 Å². The topological polar surface area (TPSA) is 66.4 Å². The molecule has 1 amide bonds. The van der Waals surface area contributed by atoms with Crippen molar-refractivity contribution >= 4 is 43.7 Å². The molecule has 2 N–H and O–H groups in total. The van der Waals surface area contributed by atoms with Gasteiger partial charge in [-0.25, -0.2) is 0 Å². The van der Waals surface area contributed by atoms with Gasteiger partial charge in [-0.05, 0) is 43.9 Å². The molecule has 4 nitrogen and oxygen atoms in total. The first-order valence-corrected chi connectivity index (χ1v) is 8.04. The van der Waals surface area contributed by atoms with Crippen LogP contribution in [0, 0.1) is 5.92 Å². The predicted molar refractivity (Wildman–Crippen MR) is 82.7 cm³/mol. The maximum Gasteiger partial charge on any atom is 0.306 e. The first kappa shape index (κ1) is 15.5. The Morgan fingerprint density at radius 2 is 1.60 bits per heavy atom. The third-order valence-corrected chi connectivity index (χ3v) is 4.45. The maximum absolute atomic E-state index is 12.2. The zero-order valence-electron chi connectivity index (χ0n) is 10.7. The Bertz CT molecular complexity index is 505. The summed E-state index contributed by atoms with van der Waals surface area (Å²) in [5, 5.41) is 11.9. The number of carbonyl (C=O) groups excluding carboxylic acids is 1. The van der Waals surface area contributed by atoms with E-state index >= 15 is 0 Å². The van der Waals surface area contributed by atoms with E-state index in [1.165, 1.54) is 0 Å². The number of hydrogen-bond donors (Lipinski definition) is 2. The molecule has 1 aromatic carbocycles. The van der Waals surface area contributed by atoms with E-state index in [0.29, 0.717) is 18.4 Å². The Morgan fingerprint density at radius 3 is 2.10 bits per heavy atom. The molecule has 1 saturated carbocycles. The van der Waals surface area contributed by atoms with Gasteiger partial charge in [0, 0.05) is 20.6 Å². The SMILES string of the molecule is O=C(NC1CCC(C(=O)O)CC1)c1cc(Br)cc(Br)c1. The molecule has 0 spiro atoms. The van der Waals surface area contributed by atoms with Crippen molar-refractivity contribution in [2.75, 3.05) is 0 Å². The molecule has 0 radical (unpaired) electrons. The minimum Gasteiger partial charge on any atom is -0.481 e. The third-order valence-electron chi connectivity index (χ3n) is 3.54. The molecule has 6 heteroatoms. The van der Waals surface area contributed by atoms with Crippen molar-refractivity contribution in [3.8, 4) is 0 Å². The van der Waals surface area contributed by atoms with E-state index in [1.807, 2.05) is 6.07 Å². The lowest BCUT2D eigenvalue weighted by Gasteiger charge is -2.26. The van der Waals surface area contributed by atoms with Crippen LogP contribution in [0.25, 0.3) is 0 Å². The van der Waals surface area contributed by atoms with E-state index in [-0.39, 0.29) is 17.9 Å². The normalized spacial score (nSPS) is 22.3. The smallest absolute Gasteiger partial charge is 0.306 e. The van der Waals surface area contributed by atoms with E-state index in [9.17, 15) is 9.59 Å². The largest absolute Gasteiger partial charge is 0.481 e. The maximum atomic E-state index is 12.2. The molecule has 0 saturated heterocycles. The lowest BCUT2D eigenvalue weighted by atomic mass is 9.86. The van der Waals surface area contributed by atoms with Crippen molar-refractivity contribution in [3.05, 3.63) is 32.7 Å². The van der Waals surface area contributed by atoms with Crippen LogP contribution in [0.4, 0.5) is 0 Å². The van der Waals surface area contributed by atoms with Gasteiger partial charge in [-0.2, -0.15) is 0 Å². The van der Waals surface area contributed by atoms with Crippen molar-refractivity contribution in [1.82, 2.24) is 5.32 Å². The fourth-order valence-electron chi connectivity index (χ4n) is 2.44. The number of carbonyl (C=O) groups is 2. The summed E-state index contributed by atoms with van der Waals surface area (Å²) in [6.07, 6.45) is 2.70. The van der Waals surface area contributed by atoms with E-state index in [2.05, 4.69) is 37.2 Å². The molecular formula is C14H15Br2NO3. The number of benzene rings is 1. The van der Waals surface area contributed by atoms with Crippen LogP contribution in [-0.2, 0) is 4.79 Å². The summed E-state index contributed by atoms with van der Waals surface area (Å²) in [5.41, 5.74) is 0.589. The van der Waals surface area contributed by atoms with Gasteiger partial charge < -0.3 is 10.4 Å². The summed E-state index contributed by atoms with van der Waals surface area (Å²) in [4.78, 5) is 23.0. The van der Waals surface area contributed by atoms with Crippen molar-refractivity contribution in [2.45, 2.75) is 31.7 Å². The molecule has 2 rings (SSSR count). The average molecular weight is 405 g/mol. The minimum absolute atomic E-state index is 0.0656. The van der Waals surface area contributed by atoms with Gasteiger partial charge >= 0.3 is 5.97 Å². The Morgan fingerprint density at radius 1 is 1.05 bits per heavy atom. The van der Waals surface area contributed by atoms with Crippen LogP contribution in [0.2, 0.25) is 0 Å². The molecule has 20 heavy (non-hydrogen) atoms. The number of carboxylic acids is 1. The molecular weight excluding hydrogens is 390 g/mol. The van der Waals surface area contributed by atoms with Crippen molar-refractivity contribution < 1.29 is 14.7 Å². The van der Waals surface area contributed by atoms with Gasteiger partial charge in [-0.1, -0.05) is 31.9 Å². The van der Waals surface area contributed by atoms with Crippen LogP contribution in [0.5, 0.6) is 0 Å². The molecule has 108 valence electrons. The van der Waals surface area contributed by atoms with E-state index in [4.69, 9.17) is 5.11 Å². The van der Waals surface area contributed by atoms with E-state index < -0.39 is 5.97 Å². The molecule has 0 heterocycles. The molecule has 0 atom stereocenters. The number of rotatable bonds is 3. The van der Waals surface area contributed by atoms with Gasteiger partial charge in [-0.3, -0.25) is 9.59 Å². The average Bonchev–Trinajstić information content (AvgIpc) is 2.38. The Hall–Kier alpha value is -0.880. The van der Waals surface area contributed by atoms with Gasteiger partial charge in [-0.15, -0.1) is 0 Å². The molecule has 0 unspecified atom stereocenters. The van der Waals surface area contributed by atoms with E-state index in [0.717, 1.165) is 21.8 Å². The second-order valence-corrected chi connectivity index (χ2v) is 6.85. The fraction of sp³-hybridized carbons (Fsp3) is 0.429. The van der Waals surface area contributed by atoms with Crippen molar-refractivity contribution in [3.63, 3.8) is 0 Å². The standard InChI is InChI=1S/C14H15Br2NO3/c15-10-5-9(6-11(16)7-10)13(18)17-12-3-1-8(2-4-12)14(19)20/h5-8,12H,1-4H2,(H,17,18)(H,19,20). The van der Waals surface area contributed by atoms with Crippen molar-refractivity contribution in [1.29, 1.82) is 0 Å². The van der Waals surface area contributed by atoms with Crippen molar-refractivity contribution in [2.24, 2.45) is 5.92 Å². The second-order valence-electron chi connectivity index (χ2n) is 5.02. The summed E-state index contributed by atoms with van der Waals surface area (Å²) >= 11 is 6.71. The number of nitrogens with one attached hydrogen (secondary N) is 1. The van der Waals surface area contributed by atoms with Crippen LogP contribution in [0.15, 0.2) is 27.1 Å². The molecule has 1 aliphatic carbocycles. The first-order chi connectivity index (χ1) is 9.45. The molecule has 1 fully saturated rings. The van der Waals surface area contributed by atoms with Crippen LogP contribution in [0.1, 0.15) is 36.0 Å². The van der Waals surface area contributed by atoms with Gasteiger partial charge in [0.15, 0.2) is 0 Å². The lowest BCUT2D eigenvalue weighted by molar-refractivity contribution is -0.142. The molecule has 0 aliphatic heterocycles. The zero-order chi connectivity index (χ0) is 14.7. The summed E-state index contributed by atoms with van der Waals surface area (Å²) in [6.45, 7) is 0. The minimum atomic E-state index is -0.731. The molecule has 1 aliphatic rings. The highest BCUT2D eigenvalue weighted by molar-refractivity contribution is 9.11. The Labute approximate surface area is 134 Å². The van der Waals surface area contributed by atoms with Crippen LogP contribution in [0.3, 0.4) is 0 Å². The lowest BCUT2D eigenvalue weighted by Crippen LogP contribution is -2.38. The van der Waals surface area contributed by atoms with Crippen LogP contribution < -0.4 is 5.32 Å². The summed E-state index contributed by atoms with van der Waals surface area (Å²) in [6, 6.07) is 5.47. The Balaban J connectivity index is 1.94.